The van der Waals surface area contributed by atoms with Crippen LogP contribution in [0.1, 0.15) is 34.1 Å². The van der Waals surface area contributed by atoms with E-state index in [2.05, 4.69) is 10.3 Å². The van der Waals surface area contributed by atoms with Gasteiger partial charge in [-0.3, -0.25) is 5.41 Å². The lowest BCUT2D eigenvalue weighted by Gasteiger charge is -2.20. The molecule has 0 unspecified atom stereocenters. The third-order valence-electron chi connectivity index (χ3n) is 4.29. The van der Waals surface area contributed by atoms with E-state index in [1.165, 1.54) is 5.01 Å². The van der Waals surface area contributed by atoms with Gasteiger partial charge >= 0.3 is 0 Å². The Hall–Kier alpha value is -3.39. The Bertz CT molecular complexity index is 1030. The van der Waals surface area contributed by atoms with Gasteiger partial charge in [-0.15, -0.1) is 0 Å². The number of hydrogen-bond donors (Lipinski definition) is 2. The number of nitrogens with one attached hydrogen (secondary N) is 1. The summed E-state index contributed by atoms with van der Waals surface area (Å²) in [7, 11) is 0. The number of hydrogen-bond acceptors (Lipinski definition) is 8. The van der Waals surface area contributed by atoms with Crippen molar-refractivity contribution < 1.29 is 9.84 Å². The highest BCUT2D eigenvalue weighted by molar-refractivity contribution is 8.03. The van der Waals surface area contributed by atoms with Crippen LogP contribution in [0, 0.1) is 15.7 Å². The minimum absolute atomic E-state index is 0.0634. The molecule has 1 aromatic carbocycles. The number of ether oxygens (including phenoxy) is 1. The first-order valence-electron chi connectivity index (χ1n) is 11.0. The fraction of sp³-hybridized carbons (Fsp3) is 0.308. The summed E-state index contributed by atoms with van der Waals surface area (Å²) in [6, 6.07) is 9.96. The second-order valence-corrected chi connectivity index (χ2v) is 9.62. The fourth-order valence-electron chi connectivity index (χ4n) is 2.71. The van der Waals surface area contributed by atoms with Crippen molar-refractivity contribution in [2.75, 3.05) is 13.2 Å². The molecule has 0 fully saturated rings. The van der Waals surface area contributed by atoms with E-state index in [1.807, 2.05) is 64.1 Å². The van der Waals surface area contributed by atoms with Crippen molar-refractivity contribution in [1.29, 1.82) is 5.41 Å². The molecule has 0 atom stereocenters. The van der Waals surface area contributed by atoms with Crippen LogP contribution in [0.4, 0.5) is 0 Å². The average Bonchev–Trinajstić information content (AvgIpc) is 2.78. The molecule has 0 aromatic heterocycles. The summed E-state index contributed by atoms with van der Waals surface area (Å²) in [5.41, 5.74) is 0.371. The molecular weight excluding hydrogens is 448 g/mol. The molecule has 0 heterocycles. The van der Waals surface area contributed by atoms with Crippen molar-refractivity contribution in [2.45, 2.75) is 39.0 Å². The Morgan fingerprint density at radius 2 is 1.97 bits per heavy atom. The summed E-state index contributed by atoms with van der Waals surface area (Å²) >= 11 is 1.57. The highest BCUT2D eigenvalue weighted by atomic mass is 32.2. The smallest absolute Gasteiger partial charge is 0.208 e. The zero-order valence-corrected chi connectivity index (χ0v) is 20.9. The van der Waals surface area contributed by atoms with Crippen LogP contribution >= 0.6 is 11.8 Å². The molecule has 1 aromatic rings. The molecule has 2 rings (SSSR count). The van der Waals surface area contributed by atoms with Gasteiger partial charge in [0.05, 0.1) is 18.9 Å². The Morgan fingerprint density at radius 1 is 1.24 bits per heavy atom. The maximum absolute atomic E-state index is 10.7. The molecule has 1 aliphatic rings. The van der Waals surface area contributed by atoms with Crippen molar-refractivity contribution >= 4 is 23.2 Å². The lowest BCUT2D eigenvalue weighted by molar-refractivity contribution is 0.219. The van der Waals surface area contributed by atoms with Crippen LogP contribution in [0.2, 0.25) is 0 Å². The molecule has 180 valence electrons. The number of benzene rings is 1. The predicted molar refractivity (Wildman–Crippen MR) is 141 cm³/mol. The third kappa shape index (κ3) is 9.62. The van der Waals surface area contributed by atoms with Crippen LogP contribution < -0.4 is 0 Å². The second-order valence-electron chi connectivity index (χ2n) is 8.47. The van der Waals surface area contributed by atoms with E-state index < -0.39 is 0 Å². The van der Waals surface area contributed by atoms with E-state index in [-0.39, 0.29) is 23.6 Å². The number of rotatable bonds is 11. The second kappa shape index (κ2) is 13.3. The van der Waals surface area contributed by atoms with E-state index >= 15 is 0 Å². The van der Waals surface area contributed by atoms with Gasteiger partial charge < -0.3 is 9.84 Å². The van der Waals surface area contributed by atoms with Crippen LogP contribution in [0.15, 0.2) is 105 Å². The van der Waals surface area contributed by atoms with Crippen LogP contribution in [0.3, 0.4) is 0 Å². The molecule has 0 radical (unpaired) electrons. The van der Waals surface area contributed by atoms with Crippen LogP contribution in [-0.4, -0.2) is 34.7 Å². The van der Waals surface area contributed by atoms with E-state index in [1.54, 1.807) is 48.3 Å². The Kier molecular flexibility index (Phi) is 10.5. The predicted octanol–water partition coefficient (Wildman–Crippen LogP) is 6.95. The van der Waals surface area contributed by atoms with E-state index in [4.69, 9.17) is 10.1 Å². The lowest BCUT2D eigenvalue weighted by atomic mass is 9.97. The maximum Gasteiger partial charge on any atom is 0.208 e. The number of hydrazone groups is 1. The molecule has 0 aliphatic heterocycles. The minimum Gasteiger partial charge on any atom is -0.494 e. The van der Waals surface area contributed by atoms with Gasteiger partial charge in [-0.1, -0.05) is 55.9 Å². The van der Waals surface area contributed by atoms with Gasteiger partial charge in [0.2, 0.25) is 5.88 Å². The molecule has 0 saturated carbocycles. The molecule has 0 bridgehead atoms. The number of aliphatic hydroxyl groups excluding tert-OH is 1. The monoisotopic (exact) mass is 480 g/mol. The summed E-state index contributed by atoms with van der Waals surface area (Å²) in [5, 5.41) is 27.8. The van der Waals surface area contributed by atoms with Gasteiger partial charge in [0.25, 0.3) is 0 Å². The fourth-order valence-corrected chi connectivity index (χ4v) is 3.59. The first-order chi connectivity index (χ1) is 16.2. The zero-order valence-electron chi connectivity index (χ0n) is 20.1. The third-order valence-corrected chi connectivity index (χ3v) is 5.28. The first-order valence-corrected chi connectivity index (χ1v) is 11.8. The molecule has 1 aliphatic carbocycles. The van der Waals surface area contributed by atoms with Crippen molar-refractivity contribution in [2.24, 2.45) is 15.7 Å². The Balaban J connectivity index is 2.22. The number of allylic oxidation sites excluding steroid dienone is 6. The molecule has 8 heteroatoms. The van der Waals surface area contributed by atoms with Gasteiger partial charge in [0.1, 0.15) is 11.5 Å². The molecule has 2 N–H and O–H groups in total. The largest absolute Gasteiger partial charge is 0.494 e. The minimum atomic E-state index is -0.284. The molecule has 34 heavy (non-hydrogen) atoms. The topological polar surface area (TPSA) is 98.3 Å². The van der Waals surface area contributed by atoms with Gasteiger partial charge in [0, 0.05) is 22.4 Å². The molecule has 0 amide bonds. The highest BCUT2D eigenvalue weighted by Gasteiger charge is 2.15. The lowest BCUT2D eigenvalue weighted by Crippen LogP contribution is -2.19. The van der Waals surface area contributed by atoms with Gasteiger partial charge in [-0.2, -0.15) is 10.0 Å². The average molecular weight is 481 g/mol. The quantitative estimate of drug-likeness (QED) is 0.0892. The maximum atomic E-state index is 10.7. The van der Waals surface area contributed by atoms with Gasteiger partial charge in [0.15, 0.2) is 0 Å². The van der Waals surface area contributed by atoms with Crippen LogP contribution in [-0.2, 0) is 4.74 Å². The number of thioether (sulfide) groups is 1. The van der Waals surface area contributed by atoms with Crippen molar-refractivity contribution in [1.82, 2.24) is 5.01 Å². The summed E-state index contributed by atoms with van der Waals surface area (Å²) in [6.07, 6.45) is 12.7. The van der Waals surface area contributed by atoms with Crippen molar-refractivity contribution in [3.05, 3.63) is 94.4 Å². The van der Waals surface area contributed by atoms with Crippen LogP contribution in [0.5, 0.6) is 0 Å². The number of aliphatic hydroxyl groups is 1. The van der Waals surface area contributed by atoms with E-state index in [0.29, 0.717) is 24.5 Å². The Labute approximate surface area is 205 Å². The number of nitroso groups, excluding NO2 is 1. The summed E-state index contributed by atoms with van der Waals surface area (Å²) < 4.78 is 5.64. The summed E-state index contributed by atoms with van der Waals surface area (Å²) in [5.74, 6) is 0.502. The summed E-state index contributed by atoms with van der Waals surface area (Å²) in [6.45, 7) is 8.29. The van der Waals surface area contributed by atoms with E-state index in [9.17, 15) is 10.0 Å². The van der Waals surface area contributed by atoms with Crippen LogP contribution in [0.25, 0.3) is 0 Å². The molecular formula is C26H32N4O3S. The summed E-state index contributed by atoms with van der Waals surface area (Å²) in [4.78, 5) is 12.3. The normalized spacial score (nSPS) is 16.2. The molecule has 0 spiro atoms. The highest BCUT2D eigenvalue weighted by Crippen LogP contribution is 2.29. The van der Waals surface area contributed by atoms with Crippen molar-refractivity contribution in [3.8, 4) is 0 Å². The molecule has 0 saturated heterocycles. The standard InChI is InChI=1S/C26H32N4O3S/c1-5-20(33-17-9-15-28-32)14-16-30(25(31)19-26(2,3)4)29-24-13-12-22(18-23(24)27)34-21-10-7-6-8-11-21/h5-8,10-14,16,18-19,27,31H,9,15,17H2,1-4H3/b16-14+,20-5+,25-19-,27-23?,29-24-. The van der Waals surface area contributed by atoms with Gasteiger partial charge in [-0.25, -0.2) is 5.01 Å². The van der Waals surface area contributed by atoms with Crippen molar-refractivity contribution in [3.63, 3.8) is 0 Å². The first kappa shape index (κ1) is 26.9. The SMILES string of the molecule is C/C=C(\C=C\N(/N=C1/C=CC(Sc2ccccc2)=CC1=N)/C(O)=C/C(C)(C)C)OCCCN=O. The number of nitrogens with zero attached hydrogens (tertiary/aromatic N) is 3. The molecule has 7 nitrogen and oxygen atoms in total. The zero-order chi connectivity index (χ0) is 25.0. The van der Waals surface area contributed by atoms with Gasteiger partial charge in [-0.05, 0) is 60.9 Å². The van der Waals surface area contributed by atoms with E-state index in [0.717, 1.165) is 9.80 Å². The Morgan fingerprint density at radius 3 is 2.59 bits per heavy atom.